The molecule has 1 saturated carbocycles. The van der Waals surface area contributed by atoms with E-state index in [-0.39, 0.29) is 11.6 Å². The molecule has 1 aliphatic carbocycles. The van der Waals surface area contributed by atoms with E-state index in [2.05, 4.69) is 11.6 Å². The molecule has 0 radical (unpaired) electrons. The van der Waals surface area contributed by atoms with Crippen LogP contribution in [0, 0.1) is 11.6 Å². The van der Waals surface area contributed by atoms with Crippen LogP contribution in [-0.4, -0.2) is 4.98 Å². The monoisotopic (exact) mass is 323 g/mol. The summed E-state index contributed by atoms with van der Waals surface area (Å²) in [5, 5.41) is 0.582. The number of hydrogen-bond acceptors (Lipinski definition) is 2. The zero-order valence-electron chi connectivity index (χ0n) is 12.9. The molecule has 0 amide bonds. The molecule has 2 nitrogen and oxygen atoms in total. The molecule has 3 aromatic rings. The molecule has 0 N–H and O–H groups in total. The molecule has 1 aliphatic rings. The molecule has 0 atom stereocenters. The second-order valence-electron chi connectivity index (χ2n) is 5.94. The molecule has 0 spiro atoms. The van der Waals surface area contributed by atoms with Gasteiger partial charge in [-0.3, -0.25) is 4.98 Å². The number of hydrogen-bond donors (Lipinski definition) is 0. The summed E-state index contributed by atoms with van der Waals surface area (Å²) < 4.78 is 32.9. The van der Waals surface area contributed by atoms with Gasteiger partial charge in [0.25, 0.3) is 0 Å². The van der Waals surface area contributed by atoms with Crippen molar-refractivity contribution in [2.45, 2.75) is 18.8 Å². The van der Waals surface area contributed by atoms with Gasteiger partial charge in [0, 0.05) is 16.9 Å². The molecule has 2 aromatic carbocycles. The Morgan fingerprint density at radius 2 is 1.75 bits per heavy atom. The molecular formula is C20H15F2NO. The number of rotatable bonds is 4. The van der Waals surface area contributed by atoms with E-state index in [1.54, 1.807) is 24.3 Å². The number of halogens is 2. The fraction of sp³-hybridized carbons (Fsp3) is 0.150. The molecule has 0 bridgehead atoms. The van der Waals surface area contributed by atoms with Gasteiger partial charge in [-0.15, -0.1) is 0 Å². The van der Waals surface area contributed by atoms with E-state index in [4.69, 9.17) is 4.74 Å². The lowest BCUT2D eigenvalue weighted by atomic mass is 10.0. The first-order valence-electron chi connectivity index (χ1n) is 7.84. The number of ether oxygens (including phenoxy) is 1. The number of nitrogens with zero attached hydrogens (tertiary/aromatic N) is 1. The smallest absolute Gasteiger partial charge is 0.145 e. The summed E-state index contributed by atoms with van der Waals surface area (Å²) in [7, 11) is 0. The van der Waals surface area contributed by atoms with Crippen LogP contribution < -0.4 is 4.74 Å². The summed E-state index contributed by atoms with van der Waals surface area (Å²) in [6.45, 7) is 3.87. The fourth-order valence-corrected chi connectivity index (χ4v) is 2.83. The first-order chi connectivity index (χ1) is 11.7. The summed E-state index contributed by atoms with van der Waals surface area (Å²) in [4.78, 5) is 4.69. The third-order valence-corrected chi connectivity index (χ3v) is 4.17. The van der Waals surface area contributed by atoms with Gasteiger partial charge in [-0.2, -0.15) is 0 Å². The van der Waals surface area contributed by atoms with Crippen molar-refractivity contribution in [3.63, 3.8) is 0 Å². The second kappa shape index (κ2) is 5.71. The van der Waals surface area contributed by atoms with Gasteiger partial charge in [0.1, 0.15) is 23.1 Å². The predicted octanol–water partition coefficient (Wildman–Crippen LogP) is 5.83. The molecule has 0 aliphatic heterocycles. The van der Waals surface area contributed by atoms with Crippen molar-refractivity contribution in [2.75, 3.05) is 0 Å². The van der Waals surface area contributed by atoms with Crippen molar-refractivity contribution in [3.05, 3.63) is 71.9 Å². The van der Waals surface area contributed by atoms with E-state index in [0.717, 1.165) is 24.1 Å². The zero-order valence-corrected chi connectivity index (χ0v) is 12.9. The minimum atomic E-state index is -0.359. The lowest BCUT2D eigenvalue weighted by Gasteiger charge is -2.15. The van der Waals surface area contributed by atoms with Gasteiger partial charge in [0.15, 0.2) is 0 Å². The Morgan fingerprint density at radius 1 is 1.04 bits per heavy atom. The molecule has 4 heteroatoms. The number of fused-ring (bicyclic) bond motifs is 1. The Morgan fingerprint density at radius 3 is 2.42 bits per heavy atom. The van der Waals surface area contributed by atoms with Gasteiger partial charge in [-0.1, -0.05) is 12.7 Å². The highest BCUT2D eigenvalue weighted by molar-refractivity contribution is 5.90. The molecule has 24 heavy (non-hydrogen) atoms. The number of benzene rings is 2. The molecule has 1 fully saturated rings. The van der Waals surface area contributed by atoms with Gasteiger partial charge >= 0.3 is 0 Å². The lowest BCUT2D eigenvalue weighted by molar-refractivity contribution is 0.483. The molecule has 0 saturated heterocycles. The Bertz CT molecular complexity index is 931. The normalized spacial score (nSPS) is 13.9. The second-order valence-corrected chi connectivity index (χ2v) is 5.94. The lowest BCUT2D eigenvalue weighted by Crippen LogP contribution is -1.99. The highest BCUT2D eigenvalue weighted by atomic mass is 19.1. The van der Waals surface area contributed by atoms with Crippen LogP contribution in [0.1, 0.15) is 30.0 Å². The SMILES string of the molecule is C=Cc1c(C2CC2)nc2ccc(F)cc2c1Oc1ccc(F)cc1. The number of pyridine rings is 1. The van der Waals surface area contributed by atoms with Crippen molar-refractivity contribution < 1.29 is 13.5 Å². The van der Waals surface area contributed by atoms with E-state index in [0.29, 0.717) is 28.3 Å². The summed E-state index contributed by atoms with van der Waals surface area (Å²) in [5.41, 5.74) is 2.39. The molecule has 0 unspecified atom stereocenters. The highest BCUT2D eigenvalue weighted by Crippen LogP contribution is 2.46. The molecule has 1 aromatic heterocycles. The van der Waals surface area contributed by atoms with Crippen LogP contribution in [0.3, 0.4) is 0 Å². The van der Waals surface area contributed by atoms with Gasteiger partial charge in [-0.25, -0.2) is 8.78 Å². The Hall–Kier alpha value is -2.75. The Kier molecular flexibility index (Phi) is 3.53. The quantitative estimate of drug-likeness (QED) is 0.603. The van der Waals surface area contributed by atoms with Crippen LogP contribution in [0.4, 0.5) is 8.78 Å². The predicted molar refractivity (Wildman–Crippen MR) is 90.2 cm³/mol. The van der Waals surface area contributed by atoms with Crippen molar-refractivity contribution in [3.8, 4) is 11.5 Å². The van der Waals surface area contributed by atoms with Crippen LogP contribution in [0.15, 0.2) is 49.0 Å². The third kappa shape index (κ3) is 2.64. The summed E-state index contributed by atoms with van der Waals surface area (Å²) in [6.07, 6.45) is 3.86. The minimum absolute atomic E-state index is 0.337. The molecule has 1 heterocycles. The van der Waals surface area contributed by atoms with Crippen molar-refractivity contribution in [1.29, 1.82) is 0 Å². The largest absolute Gasteiger partial charge is 0.456 e. The average molecular weight is 323 g/mol. The van der Waals surface area contributed by atoms with Crippen LogP contribution in [-0.2, 0) is 0 Å². The number of aromatic nitrogens is 1. The maximum Gasteiger partial charge on any atom is 0.145 e. The Balaban J connectivity index is 1.93. The zero-order chi connectivity index (χ0) is 16.7. The Labute approximate surface area is 138 Å². The average Bonchev–Trinajstić information content (AvgIpc) is 3.41. The van der Waals surface area contributed by atoms with Crippen molar-refractivity contribution in [2.24, 2.45) is 0 Å². The summed E-state index contributed by atoms with van der Waals surface area (Å²) in [6, 6.07) is 10.2. The van der Waals surface area contributed by atoms with E-state index in [1.807, 2.05) is 0 Å². The first kappa shape index (κ1) is 14.8. The van der Waals surface area contributed by atoms with E-state index in [9.17, 15) is 8.78 Å². The van der Waals surface area contributed by atoms with Crippen LogP contribution in [0.25, 0.3) is 17.0 Å². The van der Waals surface area contributed by atoms with Gasteiger partial charge < -0.3 is 4.74 Å². The molecule has 120 valence electrons. The van der Waals surface area contributed by atoms with Gasteiger partial charge in [-0.05, 0) is 55.3 Å². The van der Waals surface area contributed by atoms with E-state index in [1.165, 1.54) is 24.3 Å². The maximum absolute atomic E-state index is 13.8. The highest BCUT2D eigenvalue weighted by Gasteiger charge is 2.29. The first-order valence-corrected chi connectivity index (χ1v) is 7.84. The molecular weight excluding hydrogens is 308 g/mol. The maximum atomic E-state index is 13.8. The van der Waals surface area contributed by atoms with Crippen LogP contribution in [0.5, 0.6) is 11.5 Å². The minimum Gasteiger partial charge on any atom is -0.456 e. The fourth-order valence-electron chi connectivity index (χ4n) is 2.83. The van der Waals surface area contributed by atoms with Crippen LogP contribution >= 0.6 is 0 Å². The molecule has 4 rings (SSSR count). The van der Waals surface area contributed by atoms with Crippen LogP contribution in [0.2, 0.25) is 0 Å². The van der Waals surface area contributed by atoms with Crippen molar-refractivity contribution >= 4 is 17.0 Å². The standard InChI is InChI=1S/C20H15F2NO/c1-2-16-19(12-3-4-12)23-18-10-7-14(22)11-17(18)20(16)24-15-8-5-13(21)6-9-15/h2,5-12H,1,3-4H2. The van der Waals surface area contributed by atoms with Gasteiger partial charge in [0.05, 0.1) is 11.2 Å². The topological polar surface area (TPSA) is 22.1 Å². The van der Waals surface area contributed by atoms with Gasteiger partial charge in [0.2, 0.25) is 0 Å². The van der Waals surface area contributed by atoms with E-state index < -0.39 is 0 Å². The summed E-state index contributed by atoms with van der Waals surface area (Å²) in [5.74, 6) is 0.696. The van der Waals surface area contributed by atoms with Crippen molar-refractivity contribution in [1.82, 2.24) is 4.98 Å². The third-order valence-electron chi connectivity index (χ3n) is 4.17. The van der Waals surface area contributed by atoms with E-state index >= 15 is 0 Å². The summed E-state index contributed by atoms with van der Waals surface area (Å²) >= 11 is 0.